The summed E-state index contributed by atoms with van der Waals surface area (Å²) in [4.78, 5) is 4.68. The van der Waals surface area contributed by atoms with Crippen LogP contribution in [0.2, 0.25) is 0 Å². The molecule has 0 aliphatic carbocycles. The van der Waals surface area contributed by atoms with E-state index in [2.05, 4.69) is 35.5 Å². The lowest BCUT2D eigenvalue weighted by Crippen LogP contribution is -2.24. The van der Waals surface area contributed by atoms with Gasteiger partial charge in [-0.2, -0.15) is 0 Å². The van der Waals surface area contributed by atoms with Gasteiger partial charge in [-0.05, 0) is 38.8 Å². The molecule has 18 heavy (non-hydrogen) atoms. The molecule has 2 aromatic rings. The Bertz CT molecular complexity index is 579. The van der Waals surface area contributed by atoms with Gasteiger partial charge in [0.25, 0.3) is 0 Å². The monoisotopic (exact) mass is 263 g/mol. The van der Waals surface area contributed by atoms with Crippen LogP contribution in [0.15, 0.2) is 12.1 Å². The molecule has 0 saturated heterocycles. The summed E-state index contributed by atoms with van der Waals surface area (Å²) in [6.45, 7) is 4.22. The van der Waals surface area contributed by atoms with Crippen molar-refractivity contribution in [2.45, 2.75) is 39.0 Å². The van der Waals surface area contributed by atoms with Gasteiger partial charge in [-0.25, -0.2) is 4.98 Å². The molecule has 96 valence electrons. The van der Waals surface area contributed by atoms with Crippen LogP contribution in [0.25, 0.3) is 10.2 Å². The second kappa shape index (κ2) is 4.40. The molecule has 0 spiro atoms. The van der Waals surface area contributed by atoms with E-state index in [4.69, 9.17) is 0 Å². The van der Waals surface area contributed by atoms with Gasteiger partial charge >= 0.3 is 0 Å². The van der Waals surface area contributed by atoms with E-state index in [-0.39, 0.29) is 0 Å². The summed E-state index contributed by atoms with van der Waals surface area (Å²) in [5, 5.41) is 17.0. The minimum absolute atomic E-state index is 0.390. The molecule has 2 heterocycles. The first-order valence-electron chi connectivity index (χ1n) is 6.27. The lowest BCUT2D eigenvalue weighted by atomic mass is 10.0. The highest BCUT2D eigenvalue weighted by Gasteiger charge is 2.19. The first kappa shape index (κ1) is 11.7. The number of aliphatic hydroxyl groups excluding tert-OH is 1. The van der Waals surface area contributed by atoms with Gasteiger partial charge in [-0.1, -0.05) is 11.3 Å². The molecule has 3 rings (SSSR count). The molecular weight excluding hydrogens is 246 g/mol. The van der Waals surface area contributed by atoms with Crippen LogP contribution in [0.3, 0.4) is 0 Å². The van der Waals surface area contributed by atoms with Crippen molar-refractivity contribution < 1.29 is 5.11 Å². The van der Waals surface area contributed by atoms with Crippen LogP contribution in [0.4, 0.5) is 10.8 Å². The van der Waals surface area contributed by atoms with E-state index >= 15 is 0 Å². The maximum absolute atomic E-state index is 9.61. The zero-order chi connectivity index (χ0) is 12.7. The molecule has 4 nitrogen and oxygen atoms in total. The Kier molecular flexibility index (Phi) is 2.87. The molecule has 1 aromatic heterocycles. The van der Waals surface area contributed by atoms with E-state index in [9.17, 15) is 5.11 Å². The van der Waals surface area contributed by atoms with Crippen molar-refractivity contribution in [3.63, 3.8) is 0 Å². The van der Waals surface area contributed by atoms with Crippen LogP contribution in [-0.4, -0.2) is 22.4 Å². The van der Waals surface area contributed by atoms with Crippen LogP contribution >= 0.6 is 11.3 Å². The van der Waals surface area contributed by atoms with Gasteiger partial charge in [0.05, 0.1) is 10.2 Å². The first-order valence-corrected chi connectivity index (χ1v) is 7.08. The summed E-state index contributed by atoms with van der Waals surface area (Å²) < 4.78 is 1.20. The number of aryl methyl sites for hydroxylation is 1. The molecule has 0 fully saturated rings. The number of benzene rings is 1. The van der Waals surface area contributed by atoms with Crippen LogP contribution in [0.1, 0.15) is 25.8 Å². The van der Waals surface area contributed by atoms with Crippen molar-refractivity contribution >= 4 is 32.4 Å². The summed E-state index contributed by atoms with van der Waals surface area (Å²) in [6, 6.07) is 4.50. The highest BCUT2D eigenvalue weighted by molar-refractivity contribution is 7.22. The largest absolute Gasteiger partial charge is 0.374 e. The molecule has 0 saturated carbocycles. The van der Waals surface area contributed by atoms with Gasteiger partial charge in [0.2, 0.25) is 0 Å². The molecule has 1 aromatic carbocycles. The fraction of sp³-hybridized carbons (Fsp3) is 0.462. The normalized spacial score (nSPS) is 18.8. The van der Waals surface area contributed by atoms with Crippen molar-refractivity contribution in [2.75, 3.05) is 10.6 Å². The van der Waals surface area contributed by atoms with Crippen molar-refractivity contribution in [1.82, 2.24) is 4.98 Å². The van der Waals surface area contributed by atoms with Gasteiger partial charge in [-0.15, -0.1) is 0 Å². The number of fused-ring (bicyclic) bond motifs is 3. The Labute approximate surface area is 110 Å². The number of hydrogen-bond acceptors (Lipinski definition) is 5. The molecule has 1 atom stereocenters. The van der Waals surface area contributed by atoms with E-state index in [0.29, 0.717) is 6.04 Å². The lowest BCUT2D eigenvalue weighted by molar-refractivity contribution is 0.189. The predicted molar refractivity (Wildman–Crippen MR) is 76.3 cm³/mol. The number of aliphatic hydroxyl groups is 1. The minimum atomic E-state index is -0.429. The summed E-state index contributed by atoms with van der Waals surface area (Å²) in [5.74, 6) is 0. The van der Waals surface area contributed by atoms with E-state index in [1.54, 1.807) is 11.3 Å². The molecule has 5 heteroatoms. The number of rotatable bonds is 2. The van der Waals surface area contributed by atoms with E-state index in [0.717, 1.165) is 29.2 Å². The Balaban J connectivity index is 2.06. The molecular formula is C13H17N3OS. The van der Waals surface area contributed by atoms with Crippen LogP contribution in [0, 0.1) is 0 Å². The molecule has 3 N–H and O–H groups in total. The number of thiazole rings is 1. The van der Waals surface area contributed by atoms with Crippen LogP contribution < -0.4 is 10.6 Å². The average molecular weight is 263 g/mol. The van der Waals surface area contributed by atoms with Gasteiger partial charge in [0, 0.05) is 17.3 Å². The zero-order valence-corrected chi connectivity index (χ0v) is 11.3. The molecule has 0 radical (unpaired) electrons. The second-order valence-electron chi connectivity index (χ2n) is 4.96. The molecule has 0 bridgehead atoms. The van der Waals surface area contributed by atoms with Crippen molar-refractivity contribution in [3.05, 3.63) is 17.7 Å². The highest BCUT2D eigenvalue weighted by atomic mass is 32.1. The van der Waals surface area contributed by atoms with Gasteiger partial charge in [0.1, 0.15) is 6.23 Å². The Hall–Kier alpha value is -1.33. The third kappa shape index (κ3) is 2.04. The van der Waals surface area contributed by atoms with E-state index < -0.39 is 6.23 Å². The summed E-state index contributed by atoms with van der Waals surface area (Å²) in [7, 11) is 0. The van der Waals surface area contributed by atoms with Crippen LogP contribution in [0.5, 0.6) is 0 Å². The molecule has 0 amide bonds. The number of nitrogens with one attached hydrogen (secondary N) is 2. The van der Waals surface area contributed by atoms with Gasteiger partial charge < -0.3 is 15.7 Å². The summed E-state index contributed by atoms with van der Waals surface area (Å²) >= 11 is 1.69. The quantitative estimate of drug-likeness (QED) is 0.780. The smallest absolute Gasteiger partial charge is 0.184 e. The topological polar surface area (TPSA) is 57.2 Å². The standard InChI is InChI=1S/C13H17N3OS/c1-7(2)14-13-16-12-8-3-6-11(17)15-9(8)4-5-10(12)18-13/h4-5,7,11,15,17H,3,6H2,1-2H3,(H,14,16). The number of hydrogen-bond donors (Lipinski definition) is 3. The van der Waals surface area contributed by atoms with Crippen LogP contribution in [-0.2, 0) is 6.42 Å². The van der Waals surface area contributed by atoms with Crippen molar-refractivity contribution in [2.24, 2.45) is 0 Å². The van der Waals surface area contributed by atoms with Crippen molar-refractivity contribution in [3.8, 4) is 0 Å². The average Bonchev–Trinajstić information content (AvgIpc) is 2.70. The summed E-state index contributed by atoms with van der Waals surface area (Å²) in [5.41, 5.74) is 3.31. The third-order valence-corrected chi connectivity index (χ3v) is 4.02. The number of aromatic nitrogens is 1. The molecule has 1 aliphatic heterocycles. The minimum Gasteiger partial charge on any atom is -0.374 e. The van der Waals surface area contributed by atoms with Crippen molar-refractivity contribution in [1.29, 1.82) is 0 Å². The lowest BCUT2D eigenvalue weighted by Gasteiger charge is -2.22. The van der Waals surface area contributed by atoms with E-state index in [1.807, 2.05) is 6.07 Å². The third-order valence-electron chi connectivity index (χ3n) is 3.07. The second-order valence-corrected chi connectivity index (χ2v) is 5.99. The number of nitrogens with zero attached hydrogens (tertiary/aromatic N) is 1. The maximum atomic E-state index is 9.61. The predicted octanol–water partition coefficient (Wildman–Crippen LogP) is 2.79. The number of anilines is 2. The molecule has 1 aliphatic rings. The fourth-order valence-electron chi connectivity index (χ4n) is 2.28. The zero-order valence-electron chi connectivity index (χ0n) is 10.5. The Morgan fingerprint density at radius 2 is 2.33 bits per heavy atom. The van der Waals surface area contributed by atoms with Gasteiger partial charge in [0.15, 0.2) is 5.13 Å². The fourth-order valence-corrected chi connectivity index (χ4v) is 3.32. The summed E-state index contributed by atoms with van der Waals surface area (Å²) in [6.07, 6.45) is 1.20. The van der Waals surface area contributed by atoms with E-state index in [1.165, 1.54) is 10.3 Å². The maximum Gasteiger partial charge on any atom is 0.184 e. The highest BCUT2D eigenvalue weighted by Crippen LogP contribution is 2.35. The Morgan fingerprint density at radius 3 is 3.11 bits per heavy atom. The van der Waals surface area contributed by atoms with Gasteiger partial charge in [-0.3, -0.25) is 0 Å². The SMILES string of the molecule is CC(C)Nc1nc2c3c(ccc2s1)NC(O)CC3. The first-order chi connectivity index (χ1) is 8.63. The molecule has 1 unspecified atom stereocenters. The Morgan fingerprint density at radius 1 is 1.50 bits per heavy atom.